The van der Waals surface area contributed by atoms with Crippen molar-refractivity contribution < 1.29 is 14.3 Å². The molecule has 148 valence electrons. The molecule has 3 rings (SSSR count). The Morgan fingerprint density at radius 1 is 1.07 bits per heavy atom. The highest BCUT2D eigenvalue weighted by molar-refractivity contribution is 6.05. The fourth-order valence-corrected chi connectivity index (χ4v) is 2.68. The Labute approximate surface area is 168 Å². The van der Waals surface area contributed by atoms with E-state index in [1.54, 1.807) is 73.1 Å². The number of para-hydroxylation sites is 2. The number of ether oxygens (including phenoxy) is 1. The van der Waals surface area contributed by atoms with Gasteiger partial charge in [0.15, 0.2) is 6.61 Å². The van der Waals surface area contributed by atoms with Gasteiger partial charge in [-0.05, 0) is 48.9 Å². The van der Waals surface area contributed by atoms with Crippen LogP contribution in [0.2, 0.25) is 0 Å². The molecule has 0 spiro atoms. The zero-order valence-corrected chi connectivity index (χ0v) is 16.0. The van der Waals surface area contributed by atoms with Crippen LogP contribution < -0.4 is 21.1 Å². The van der Waals surface area contributed by atoms with E-state index in [1.165, 1.54) is 0 Å². The third-order valence-electron chi connectivity index (χ3n) is 4.26. The van der Waals surface area contributed by atoms with Crippen LogP contribution in [0.5, 0.6) is 5.75 Å². The molecular weight excluding hydrogens is 368 g/mol. The molecule has 7 heteroatoms. The summed E-state index contributed by atoms with van der Waals surface area (Å²) in [6, 6.07) is 17.3. The predicted molar refractivity (Wildman–Crippen MR) is 112 cm³/mol. The zero-order chi connectivity index (χ0) is 20.6. The van der Waals surface area contributed by atoms with Gasteiger partial charge in [0, 0.05) is 11.8 Å². The highest BCUT2D eigenvalue weighted by atomic mass is 16.5. The van der Waals surface area contributed by atoms with Crippen LogP contribution in [0.3, 0.4) is 0 Å². The van der Waals surface area contributed by atoms with Gasteiger partial charge in [-0.3, -0.25) is 14.6 Å². The van der Waals surface area contributed by atoms with Crippen LogP contribution >= 0.6 is 0 Å². The number of hydrogen-bond donors (Lipinski definition) is 3. The molecule has 1 aromatic heterocycles. The van der Waals surface area contributed by atoms with E-state index < -0.39 is 0 Å². The molecule has 0 fully saturated rings. The van der Waals surface area contributed by atoms with E-state index in [0.29, 0.717) is 22.7 Å². The largest absolute Gasteiger partial charge is 0.482 e. The van der Waals surface area contributed by atoms with E-state index in [4.69, 9.17) is 10.5 Å². The SMILES string of the molecule is CC(NC(=O)COc1cccnc1)c1ccc(C(=O)Nc2ccccc2N)cc1. The minimum atomic E-state index is -0.254. The highest BCUT2D eigenvalue weighted by Crippen LogP contribution is 2.19. The van der Waals surface area contributed by atoms with Gasteiger partial charge >= 0.3 is 0 Å². The Morgan fingerprint density at radius 3 is 2.52 bits per heavy atom. The second kappa shape index (κ2) is 9.36. The molecule has 29 heavy (non-hydrogen) atoms. The monoisotopic (exact) mass is 390 g/mol. The van der Waals surface area contributed by atoms with Crippen molar-refractivity contribution in [2.75, 3.05) is 17.7 Å². The predicted octanol–water partition coefficient (Wildman–Crippen LogP) is 3.17. The fraction of sp³-hybridized carbons (Fsp3) is 0.136. The van der Waals surface area contributed by atoms with Gasteiger partial charge in [0.1, 0.15) is 5.75 Å². The molecule has 7 nitrogen and oxygen atoms in total. The van der Waals surface area contributed by atoms with Crippen LogP contribution in [-0.2, 0) is 4.79 Å². The van der Waals surface area contributed by atoms with Gasteiger partial charge in [-0.1, -0.05) is 24.3 Å². The van der Waals surface area contributed by atoms with Crippen LogP contribution in [0.1, 0.15) is 28.9 Å². The topological polar surface area (TPSA) is 106 Å². The number of nitrogen functional groups attached to an aromatic ring is 1. The quantitative estimate of drug-likeness (QED) is 0.537. The summed E-state index contributed by atoms with van der Waals surface area (Å²) in [7, 11) is 0. The molecule has 4 N–H and O–H groups in total. The number of anilines is 2. The summed E-state index contributed by atoms with van der Waals surface area (Å²) in [6.45, 7) is 1.76. The summed E-state index contributed by atoms with van der Waals surface area (Å²) in [4.78, 5) is 28.4. The molecule has 1 heterocycles. The summed E-state index contributed by atoms with van der Waals surface area (Å²) in [6.07, 6.45) is 3.18. The molecule has 0 aliphatic carbocycles. The summed E-state index contributed by atoms with van der Waals surface area (Å²) >= 11 is 0. The van der Waals surface area contributed by atoms with Gasteiger partial charge in [0.25, 0.3) is 11.8 Å². The number of hydrogen-bond acceptors (Lipinski definition) is 5. The summed E-state index contributed by atoms with van der Waals surface area (Å²) < 4.78 is 5.38. The molecular formula is C22H22N4O3. The number of nitrogens with two attached hydrogens (primary N) is 1. The molecule has 0 saturated carbocycles. The normalized spacial score (nSPS) is 11.3. The van der Waals surface area contributed by atoms with E-state index in [9.17, 15) is 9.59 Å². The first-order valence-corrected chi connectivity index (χ1v) is 9.11. The van der Waals surface area contributed by atoms with Crippen molar-refractivity contribution in [3.05, 3.63) is 84.2 Å². The number of nitrogens with zero attached hydrogens (tertiary/aromatic N) is 1. The molecule has 0 aliphatic rings. The minimum Gasteiger partial charge on any atom is -0.482 e. The maximum atomic E-state index is 12.4. The lowest BCUT2D eigenvalue weighted by Gasteiger charge is -2.15. The summed E-state index contributed by atoms with van der Waals surface area (Å²) in [5.74, 6) is 0.0310. The van der Waals surface area contributed by atoms with Crippen molar-refractivity contribution in [3.63, 3.8) is 0 Å². The smallest absolute Gasteiger partial charge is 0.258 e. The summed E-state index contributed by atoms with van der Waals surface area (Å²) in [5.41, 5.74) is 8.28. The lowest BCUT2D eigenvalue weighted by Crippen LogP contribution is -2.31. The average Bonchev–Trinajstić information content (AvgIpc) is 2.74. The van der Waals surface area contributed by atoms with Crippen molar-refractivity contribution in [1.29, 1.82) is 0 Å². The van der Waals surface area contributed by atoms with Crippen molar-refractivity contribution in [3.8, 4) is 5.75 Å². The standard InChI is InChI=1S/C22H22N4O3/c1-15(25-21(27)14-29-18-5-4-12-24-13-18)16-8-10-17(11-9-16)22(28)26-20-7-3-2-6-19(20)23/h2-13,15H,14,23H2,1H3,(H,25,27)(H,26,28). The number of carbonyl (C=O) groups excluding carboxylic acids is 2. The Morgan fingerprint density at radius 2 is 1.83 bits per heavy atom. The number of rotatable bonds is 7. The van der Waals surface area contributed by atoms with Crippen molar-refractivity contribution in [1.82, 2.24) is 10.3 Å². The number of nitrogens with one attached hydrogen (secondary N) is 2. The van der Waals surface area contributed by atoms with Crippen LogP contribution in [0.25, 0.3) is 0 Å². The second-order valence-electron chi connectivity index (χ2n) is 6.43. The molecule has 3 aromatic rings. The number of carbonyl (C=O) groups is 2. The first-order chi connectivity index (χ1) is 14.0. The molecule has 2 amide bonds. The Hall–Kier alpha value is -3.87. The average molecular weight is 390 g/mol. The van der Waals surface area contributed by atoms with E-state index in [2.05, 4.69) is 15.6 Å². The molecule has 1 unspecified atom stereocenters. The number of benzene rings is 2. The van der Waals surface area contributed by atoms with Gasteiger partial charge in [0.2, 0.25) is 0 Å². The maximum Gasteiger partial charge on any atom is 0.258 e. The second-order valence-corrected chi connectivity index (χ2v) is 6.43. The fourth-order valence-electron chi connectivity index (χ4n) is 2.68. The minimum absolute atomic E-state index is 0.102. The Bertz CT molecular complexity index is 975. The number of amides is 2. The van der Waals surface area contributed by atoms with Gasteiger partial charge in [0.05, 0.1) is 23.6 Å². The van der Waals surface area contributed by atoms with E-state index in [0.717, 1.165) is 5.56 Å². The van der Waals surface area contributed by atoms with Crippen molar-refractivity contribution in [2.45, 2.75) is 13.0 Å². The lowest BCUT2D eigenvalue weighted by molar-refractivity contribution is -0.123. The molecule has 0 bridgehead atoms. The van der Waals surface area contributed by atoms with Gasteiger partial charge < -0.3 is 21.1 Å². The highest BCUT2D eigenvalue weighted by Gasteiger charge is 2.12. The van der Waals surface area contributed by atoms with Crippen molar-refractivity contribution >= 4 is 23.2 Å². The third kappa shape index (κ3) is 5.55. The van der Waals surface area contributed by atoms with Crippen molar-refractivity contribution in [2.24, 2.45) is 0 Å². The Kier molecular flexibility index (Phi) is 6.42. The number of pyridine rings is 1. The van der Waals surface area contributed by atoms with Crippen LogP contribution in [0.4, 0.5) is 11.4 Å². The first-order valence-electron chi connectivity index (χ1n) is 9.11. The Balaban J connectivity index is 1.54. The van der Waals surface area contributed by atoms with E-state index in [1.807, 2.05) is 6.92 Å². The maximum absolute atomic E-state index is 12.4. The van der Waals surface area contributed by atoms with Gasteiger partial charge in [-0.15, -0.1) is 0 Å². The number of aromatic nitrogens is 1. The van der Waals surface area contributed by atoms with Crippen LogP contribution in [-0.4, -0.2) is 23.4 Å². The third-order valence-corrected chi connectivity index (χ3v) is 4.26. The molecule has 0 radical (unpaired) electrons. The molecule has 1 atom stereocenters. The zero-order valence-electron chi connectivity index (χ0n) is 16.0. The van der Waals surface area contributed by atoms with E-state index in [-0.39, 0.29) is 24.5 Å². The van der Waals surface area contributed by atoms with E-state index >= 15 is 0 Å². The van der Waals surface area contributed by atoms with Gasteiger partial charge in [-0.2, -0.15) is 0 Å². The molecule has 2 aromatic carbocycles. The lowest BCUT2D eigenvalue weighted by atomic mass is 10.1. The van der Waals surface area contributed by atoms with Crippen LogP contribution in [0, 0.1) is 0 Å². The molecule has 0 saturated heterocycles. The summed E-state index contributed by atoms with van der Waals surface area (Å²) in [5, 5.41) is 5.65. The molecule has 0 aliphatic heterocycles. The van der Waals surface area contributed by atoms with Crippen LogP contribution in [0.15, 0.2) is 73.1 Å². The van der Waals surface area contributed by atoms with Gasteiger partial charge in [-0.25, -0.2) is 0 Å². The first kappa shape index (κ1) is 19.9.